The number of nitrogens with zero attached hydrogens (tertiary/aromatic N) is 1. The molecule has 21 heavy (non-hydrogen) atoms. The van der Waals surface area contributed by atoms with E-state index in [2.05, 4.69) is 83.1 Å². The summed E-state index contributed by atoms with van der Waals surface area (Å²) in [5.74, 6) is 1.09. The predicted molar refractivity (Wildman–Crippen MR) is 96.2 cm³/mol. The van der Waals surface area contributed by atoms with E-state index in [9.17, 15) is 0 Å². The Bertz CT molecular complexity index is 332. The van der Waals surface area contributed by atoms with Gasteiger partial charge in [-0.3, -0.25) is 4.90 Å². The second-order valence-corrected chi connectivity index (χ2v) is 6.33. The van der Waals surface area contributed by atoms with Crippen LogP contribution in [0.5, 0.6) is 0 Å². The van der Waals surface area contributed by atoms with E-state index in [4.69, 9.17) is 0 Å². The van der Waals surface area contributed by atoms with Crippen LogP contribution in [0.1, 0.15) is 54.4 Å². The Hall–Kier alpha value is -1.02. The number of rotatable bonds is 11. The molecule has 1 N–H and O–H groups in total. The maximum atomic E-state index is 4.03. The summed E-state index contributed by atoms with van der Waals surface area (Å²) in [5.41, 5.74) is -0.129. The smallest absolute Gasteiger partial charge is 0.0904 e. The molecule has 0 aromatic rings. The highest BCUT2D eigenvalue weighted by Gasteiger charge is 2.36. The molecule has 3 atom stereocenters. The van der Waals surface area contributed by atoms with Gasteiger partial charge in [0.05, 0.1) is 5.66 Å². The van der Waals surface area contributed by atoms with Crippen molar-refractivity contribution in [2.45, 2.75) is 66.1 Å². The molecule has 0 bridgehead atoms. The maximum absolute atomic E-state index is 4.03. The van der Waals surface area contributed by atoms with Crippen LogP contribution in [0.3, 0.4) is 0 Å². The first-order chi connectivity index (χ1) is 9.87. The molecule has 0 saturated carbocycles. The molecule has 0 aliphatic carbocycles. The normalized spacial score (nSPS) is 17.7. The molecule has 2 heteroatoms. The van der Waals surface area contributed by atoms with Crippen molar-refractivity contribution in [1.82, 2.24) is 10.2 Å². The first-order valence-corrected chi connectivity index (χ1v) is 8.31. The van der Waals surface area contributed by atoms with Crippen LogP contribution in [-0.2, 0) is 0 Å². The Morgan fingerprint density at radius 1 is 1.14 bits per heavy atom. The largest absolute Gasteiger partial charge is 0.374 e. The minimum atomic E-state index is -0.129. The van der Waals surface area contributed by atoms with Gasteiger partial charge in [0.25, 0.3) is 0 Å². The molecule has 0 amide bonds. The number of allylic oxidation sites excluding steroid dienone is 1. The van der Waals surface area contributed by atoms with Gasteiger partial charge in [-0.05, 0) is 31.4 Å². The number of nitrogens with one attached hydrogen (secondary N) is 1. The highest BCUT2D eigenvalue weighted by atomic mass is 15.3. The zero-order chi connectivity index (χ0) is 16.5. The second-order valence-electron chi connectivity index (χ2n) is 6.33. The fraction of sp³-hybridized carbons (Fsp3) is 0.684. The van der Waals surface area contributed by atoms with Gasteiger partial charge in [-0.15, -0.1) is 6.58 Å². The van der Waals surface area contributed by atoms with Crippen LogP contribution in [0, 0.1) is 11.8 Å². The highest BCUT2D eigenvalue weighted by molar-refractivity contribution is 5.02. The van der Waals surface area contributed by atoms with Gasteiger partial charge in [-0.25, -0.2) is 0 Å². The Balaban J connectivity index is 5.32. The monoisotopic (exact) mass is 292 g/mol. The molecule has 0 spiro atoms. The van der Waals surface area contributed by atoms with Crippen molar-refractivity contribution in [3.05, 3.63) is 37.6 Å². The second kappa shape index (κ2) is 9.83. The van der Waals surface area contributed by atoms with E-state index in [1.165, 1.54) is 6.42 Å². The van der Waals surface area contributed by atoms with Crippen molar-refractivity contribution in [2.75, 3.05) is 6.54 Å². The Morgan fingerprint density at radius 3 is 2.14 bits per heavy atom. The summed E-state index contributed by atoms with van der Waals surface area (Å²) < 4.78 is 0. The van der Waals surface area contributed by atoms with Gasteiger partial charge in [0.2, 0.25) is 0 Å². The molecular weight excluding hydrogens is 256 g/mol. The van der Waals surface area contributed by atoms with Crippen LogP contribution in [0.2, 0.25) is 0 Å². The average molecular weight is 293 g/mol. The average Bonchev–Trinajstić information content (AvgIpc) is 2.46. The van der Waals surface area contributed by atoms with Gasteiger partial charge in [0.15, 0.2) is 0 Å². The van der Waals surface area contributed by atoms with E-state index in [0.29, 0.717) is 17.9 Å². The predicted octanol–water partition coefficient (Wildman–Crippen LogP) is 4.96. The molecule has 0 rings (SSSR count). The van der Waals surface area contributed by atoms with Crippen LogP contribution in [-0.4, -0.2) is 23.1 Å². The zero-order valence-electron chi connectivity index (χ0n) is 15.0. The minimum absolute atomic E-state index is 0.129. The Labute approximate surface area is 133 Å². The van der Waals surface area contributed by atoms with E-state index < -0.39 is 0 Å². The summed E-state index contributed by atoms with van der Waals surface area (Å²) in [6.07, 6.45) is 10.7. The van der Waals surface area contributed by atoms with Crippen molar-refractivity contribution < 1.29 is 0 Å². The fourth-order valence-electron chi connectivity index (χ4n) is 2.51. The third-order valence-electron chi connectivity index (χ3n) is 4.62. The molecule has 2 unspecified atom stereocenters. The molecule has 0 fully saturated rings. The van der Waals surface area contributed by atoms with E-state index in [1.807, 2.05) is 0 Å². The molecule has 0 heterocycles. The molecular formula is C19H36N2. The van der Waals surface area contributed by atoms with Crippen molar-refractivity contribution in [1.29, 1.82) is 0 Å². The van der Waals surface area contributed by atoms with Gasteiger partial charge in [-0.2, -0.15) is 0 Å². The van der Waals surface area contributed by atoms with Gasteiger partial charge >= 0.3 is 0 Å². The maximum Gasteiger partial charge on any atom is 0.0904 e. The summed E-state index contributed by atoms with van der Waals surface area (Å²) in [6.45, 7) is 22.3. The molecule has 0 aliphatic heterocycles. The lowest BCUT2D eigenvalue weighted by molar-refractivity contribution is 0.0273. The topological polar surface area (TPSA) is 15.3 Å². The summed E-state index contributed by atoms with van der Waals surface area (Å²) in [7, 11) is 0. The van der Waals surface area contributed by atoms with E-state index in [0.717, 1.165) is 13.0 Å². The van der Waals surface area contributed by atoms with Gasteiger partial charge < -0.3 is 5.32 Å². The molecule has 0 radical (unpaired) electrons. The third-order valence-corrected chi connectivity index (χ3v) is 4.62. The van der Waals surface area contributed by atoms with Crippen molar-refractivity contribution in [3.8, 4) is 0 Å². The van der Waals surface area contributed by atoms with Gasteiger partial charge in [0, 0.05) is 12.6 Å². The van der Waals surface area contributed by atoms with Crippen LogP contribution in [0.25, 0.3) is 0 Å². The fourth-order valence-corrected chi connectivity index (χ4v) is 2.51. The van der Waals surface area contributed by atoms with Crippen LogP contribution in [0.15, 0.2) is 37.6 Å². The van der Waals surface area contributed by atoms with E-state index in [1.54, 1.807) is 6.20 Å². The van der Waals surface area contributed by atoms with E-state index in [-0.39, 0.29) is 5.66 Å². The summed E-state index contributed by atoms with van der Waals surface area (Å²) in [4.78, 5) is 2.49. The number of hydrogen-bond acceptors (Lipinski definition) is 2. The molecule has 0 aliphatic rings. The summed E-state index contributed by atoms with van der Waals surface area (Å²) in [5, 5.41) is 3.47. The first kappa shape index (κ1) is 20.0. The lowest BCUT2D eigenvalue weighted by Gasteiger charge is -2.47. The zero-order valence-corrected chi connectivity index (χ0v) is 15.0. The Kier molecular flexibility index (Phi) is 9.36. The Morgan fingerprint density at radius 2 is 1.76 bits per heavy atom. The van der Waals surface area contributed by atoms with Crippen LogP contribution >= 0.6 is 0 Å². The summed E-state index contributed by atoms with van der Waals surface area (Å²) in [6, 6.07) is 0.353. The number of hydrogen-bond donors (Lipinski definition) is 1. The molecule has 0 aromatic heterocycles. The quantitative estimate of drug-likeness (QED) is 0.427. The molecule has 0 saturated heterocycles. The van der Waals surface area contributed by atoms with E-state index >= 15 is 0 Å². The van der Waals surface area contributed by atoms with Crippen molar-refractivity contribution in [2.24, 2.45) is 11.8 Å². The molecule has 2 nitrogen and oxygen atoms in total. The standard InChI is InChI=1S/C19H36N2/c1-9-17(7)14-13-15-21(18(10-2)11-3)19(8,16(5)6)20-12-4/h10,12-14,16-18,20H,2,4,9,11,15H2,1,3,5-8H3/t17-,18?,19?/m0/s1. The summed E-state index contributed by atoms with van der Waals surface area (Å²) >= 11 is 0. The van der Waals surface area contributed by atoms with Crippen LogP contribution < -0.4 is 5.32 Å². The molecule has 0 aromatic carbocycles. The van der Waals surface area contributed by atoms with Crippen LogP contribution in [0.4, 0.5) is 0 Å². The highest BCUT2D eigenvalue weighted by Crippen LogP contribution is 2.26. The molecule has 122 valence electrons. The van der Waals surface area contributed by atoms with Gasteiger partial charge in [-0.1, -0.05) is 65.8 Å². The third kappa shape index (κ3) is 5.70. The lowest BCUT2D eigenvalue weighted by atomic mass is 9.93. The first-order valence-electron chi connectivity index (χ1n) is 8.31. The minimum Gasteiger partial charge on any atom is -0.374 e. The van der Waals surface area contributed by atoms with Crippen molar-refractivity contribution in [3.63, 3.8) is 0 Å². The van der Waals surface area contributed by atoms with Crippen molar-refractivity contribution >= 4 is 0 Å². The SMILES string of the molecule is C=CNC(C)(C(C)C)N(CC=C[C@@H](C)CC)C(C=C)CC. The van der Waals surface area contributed by atoms with Gasteiger partial charge in [0.1, 0.15) is 0 Å². The lowest BCUT2D eigenvalue weighted by Crippen LogP contribution is -2.61.